The maximum atomic E-state index is 5.83. The summed E-state index contributed by atoms with van der Waals surface area (Å²) in [5.41, 5.74) is 7.44. The zero-order chi connectivity index (χ0) is 10.7. The Balaban J connectivity index is 2.26. The molecule has 0 aromatic carbocycles. The SMILES string of the molecule is CCn1ccnc1Cc1ncccc1N. The minimum Gasteiger partial charge on any atom is -0.397 e. The van der Waals surface area contributed by atoms with E-state index in [4.69, 9.17) is 5.73 Å². The molecule has 2 aromatic heterocycles. The summed E-state index contributed by atoms with van der Waals surface area (Å²) >= 11 is 0. The minimum absolute atomic E-state index is 0.688. The molecule has 0 aliphatic carbocycles. The number of aromatic nitrogens is 3. The predicted octanol–water partition coefficient (Wildman–Crippen LogP) is 1.47. The maximum Gasteiger partial charge on any atom is 0.114 e. The van der Waals surface area contributed by atoms with Gasteiger partial charge in [0, 0.05) is 25.1 Å². The number of rotatable bonds is 3. The average Bonchev–Trinajstić information content (AvgIpc) is 2.69. The van der Waals surface area contributed by atoms with E-state index in [9.17, 15) is 0 Å². The molecule has 0 amide bonds. The van der Waals surface area contributed by atoms with Gasteiger partial charge in [-0.2, -0.15) is 0 Å². The van der Waals surface area contributed by atoms with Crippen LogP contribution in [0.1, 0.15) is 18.4 Å². The molecular weight excluding hydrogens is 188 g/mol. The van der Waals surface area contributed by atoms with E-state index in [1.54, 1.807) is 12.4 Å². The van der Waals surface area contributed by atoms with Crippen LogP contribution in [0.4, 0.5) is 5.69 Å². The molecule has 0 radical (unpaired) electrons. The van der Waals surface area contributed by atoms with Gasteiger partial charge in [0.1, 0.15) is 5.82 Å². The van der Waals surface area contributed by atoms with Crippen molar-refractivity contribution in [2.24, 2.45) is 0 Å². The highest BCUT2D eigenvalue weighted by atomic mass is 15.1. The van der Waals surface area contributed by atoms with E-state index in [2.05, 4.69) is 21.5 Å². The van der Waals surface area contributed by atoms with Crippen molar-refractivity contribution in [3.63, 3.8) is 0 Å². The van der Waals surface area contributed by atoms with Crippen molar-refractivity contribution in [1.82, 2.24) is 14.5 Å². The molecule has 0 aliphatic rings. The fraction of sp³-hybridized carbons (Fsp3) is 0.273. The van der Waals surface area contributed by atoms with E-state index < -0.39 is 0 Å². The van der Waals surface area contributed by atoms with Crippen molar-refractivity contribution in [2.45, 2.75) is 19.9 Å². The van der Waals surface area contributed by atoms with E-state index in [0.29, 0.717) is 6.42 Å². The number of imidazole rings is 1. The van der Waals surface area contributed by atoms with Crippen molar-refractivity contribution in [3.8, 4) is 0 Å². The smallest absolute Gasteiger partial charge is 0.114 e. The van der Waals surface area contributed by atoms with Gasteiger partial charge in [-0.25, -0.2) is 4.98 Å². The Morgan fingerprint density at radius 3 is 2.93 bits per heavy atom. The minimum atomic E-state index is 0.688. The molecule has 0 fully saturated rings. The molecule has 0 aliphatic heterocycles. The first kappa shape index (κ1) is 9.71. The van der Waals surface area contributed by atoms with E-state index in [1.165, 1.54) is 0 Å². The van der Waals surface area contributed by atoms with E-state index in [0.717, 1.165) is 23.8 Å². The van der Waals surface area contributed by atoms with E-state index >= 15 is 0 Å². The second kappa shape index (κ2) is 4.13. The highest BCUT2D eigenvalue weighted by molar-refractivity contribution is 5.43. The first-order valence-corrected chi connectivity index (χ1v) is 5.00. The number of hydrogen-bond acceptors (Lipinski definition) is 3. The van der Waals surface area contributed by atoms with Crippen LogP contribution in [0, 0.1) is 0 Å². The standard InChI is InChI=1S/C11H14N4/c1-2-15-7-6-14-11(15)8-10-9(12)4-3-5-13-10/h3-7H,2,8,12H2,1H3. The highest BCUT2D eigenvalue weighted by Crippen LogP contribution is 2.12. The molecule has 4 nitrogen and oxygen atoms in total. The van der Waals surface area contributed by atoms with Gasteiger partial charge in [0.15, 0.2) is 0 Å². The number of nitrogens with two attached hydrogens (primary N) is 1. The Bertz CT molecular complexity index is 447. The van der Waals surface area contributed by atoms with Crippen LogP contribution in [0.5, 0.6) is 0 Å². The Labute approximate surface area is 88.8 Å². The number of nitrogen functional groups attached to an aromatic ring is 1. The van der Waals surface area contributed by atoms with Gasteiger partial charge in [0.25, 0.3) is 0 Å². The Morgan fingerprint density at radius 1 is 1.33 bits per heavy atom. The fourth-order valence-corrected chi connectivity index (χ4v) is 1.54. The van der Waals surface area contributed by atoms with Gasteiger partial charge in [-0.1, -0.05) is 0 Å². The lowest BCUT2D eigenvalue weighted by Gasteiger charge is -2.05. The predicted molar refractivity (Wildman–Crippen MR) is 59.4 cm³/mol. The van der Waals surface area contributed by atoms with Crippen LogP contribution in [-0.2, 0) is 13.0 Å². The third-order valence-electron chi connectivity index (χ3n) is 2.39. The van der Waals surface area contributed by atoms with Gasteiger partial charge in [-0.3, -0.25) is 4.98 Å². The number of nitrogens with zero attached hydrogens (tertiary/aromatic N) is 3. The van der Waals surface area contributed by atoms with E-state index in [1.807, 2.05) is 18.3 Å². The topological polar surface area (TPSA) is 56.7 Å². The molecular formula is C11H14N4. The van der Waals surface area contributed by atoms with Crippen LogP contribution in [0.25, 0.3) is 0 Å². The fourth-order valence-electron chi connectivity index (χ4n) is 1.54. The maximum absolute atomic E-state index is 5.83. The summed E-state index contributed by atoms with van der Waals surface area (Å²) in [4.78, 5) is 8.54. The molecule has 2 rings (SSSR count). The van der Waals surface area contributed by atoms with Gasteiger partial charge < -0.3 is 10.3 Å². The van der Waals surface area contributed by atoms with Crippen LogP contribution >= 0.6 is 0 Å². The Hall–Kier alpha value is -1.84. The lowest BCUT2D eigenvalue weighted by Crippen LogP contribution is -2.05. The zero-order valence-corrected chi connectivity index (χ0v) is 8.72. The molecule has 2 heterocycles. The zero-order valence-electron chi connectivity index (χ0n) is 8.72. The molecule has 15 heavy (non-hydrogen) atoms. The molecule has 0 bridgehead atoms. The number of pyridine rings is 1. The molecule has 2 aromatic rings. The molecule has 78 valence electrons. The van der Waals surface area contributed by atoms with Crippen LogP contribution in [0.15, 0.2) is 30.7 Å². The summed E-state index contributed by atoms with van der Waals surface area (Å²) < 4.78 is 2.09. The summed E-state index contributed by atoms with van der Waals surface area (Å²) in [7, 11) is 0. The highest BCUT2D eigenvalue weighted by Gasteiger charge is 2.05. The number of hydrogen-bond donors (Lipinski definition) is 1. The first-order chi connectivity index (χ1) is 7.31. The van der Waals surface area contributed by atoms with Crippen molar-refractivity contribution in [1.29, 1.82) is 0 Å². The molecule has 0 saturated heterocycles. The lowest BCUT2D eigenvalue weighted by molar-refractivity contribution is 0.709. The van der Waals surface area contributed by atoms with Gasteiger partial charge >= 0.3 is 0 Å². The normalized spacial score (nSPS) is 10.5. The summed E-state index contributed by atoms with van der Waals surface area (Å²) in [6.07, 6.45) is 6.21. The van der Waals surface area contributed by atoms with Crippen LogP contribution < -0.4 is 5.73 Å². The quantitative estimate of drug-likeness (QED) is 0.820. The largest absolute Gasteiger partial charge is 0.397 e. The van der Waals surface area contributed by atoms with Crippen LogP contribution in [0.3, 0.4) is 0 Å². The molecule has 0 saturated carbocycles. The van der Waals surface area contributed by atoms with Crippen LogP contribution in [0.2, 0.25) is 0 Å². The molecule has 0 atom stereocenters. The van der Waals surface area contributed by atoms with Gasteiger partial charge in [0.2, 0.25) is 0 Å². The van der Waals surface area contributed by atoms with Crippen LogP contribution in [-0.4, -0.2) is 14.5 Å². The van der Waals surface area contributed by atoms with Crippen molar-refractivity contribution in [3.05, 3.63) is 42.2 Å². The number of aryl methyl sites for hydroxylation is 1. The van der Waals surface area contributed by atoms with Gasteiger partial charge in [-0.05, 0) is 19.1 Å². The molecule has 0 unspecified atom stereocenters. The summed E-state index contributed by atoms with van der Waals surface area (Å²) in [5.74, 6) is 1.00. The van der Waals surface area contributed by atoms with Crippen molar-refractivity contribution < 1.29 is 0 Å². The third kappa shape index (κ3) is 1.98. The monoisotopic (exact) mass is 202 g/mol. The second-order valence-electron chi connectivity index (χ2n) is 3.35. The summed E-state index contributed by atoms with van der Waals surface area (Å²) in [5, 5.41) is 0. The molecule has 4 heteroatoms. The van der Waals surface area contributed by atoms with Gasteiger partial charge in [0.05, 0.1) is 17.8 Å². The average molecular weight is 202 g/mol. The number of anilines is 1. The first-order valence-electron chi connectivity index (χ1n) is 5.00. The third-order valence-corrected chi connectivity index (χ3v) is 2.39. The summed E-state index contributed by atoms with van der Waals surface area (Å²) in [6, 6.07) is 3.70. The Kier molecular flexibility index (Phi) is 2.67. The molecule has 2 N–H and O–H groups in total. The second-order valence-corrected chi connectivity index (χ2v) is 3.35. The lowest BCUT2D eigenvalue weighted by atomic mass is 10.2. The summed E-state index contributed by atoms with van der Waals surface area (Å²) in [6.45, 7) is 3.01. The van der Waals surface area contributed by atoms with Crippen molar-refractivity contribution in [2.75, 3.05) is 5.73 Å². The molecule has 0 spiro atoms. The Morgan fingerprint density at radius 2 is 2.20 bits per heavy atom. The van der Waals surface area contributed by atoms with Crippen molar-refractivity contribution >= 4 is 5.69 Å². The van der Waals surface area contributed by atoms with Gasteiger partial charge in [-0.15, -0.1) is 0 Å². The van der Waals surface area contributed by atoms with E-state index in [-0.39, 0.29) is 0 Å².